The van der Waals surface area contributed by atoms with E-state index < -0.39 is 8.32 Å². The molecule has 0 bridgehead atoms. The maximum absolute atomic E-state index is 11.0. The largest absolute Gasteiger partial charge is 0.413 e. The molecule has 1 aliphatic rings. The molecule has 0 heterocycles. The number of aliphatic hydroxyl groups excluding tert-OH is 1. The molecule has 0 saturated carbocycles. The molecule has 0 amide bonds. The third kappa shape index (κ3) is 4.84. The molecule has 0 radical (unpaired) electrons. The van der Waals surface area contributed by atoms with Gasteiger partial charge in [0.25, 0.3) is 0 Å². The quantitative estimate of drug-likeness (QED) is 0.508. The molecule has 4 atom stereocenters. The van der Waals surface area contributed by atoms with Crippen molar-refractivity contribution in [3.8, 4) is 0 Å². The molecule has 0 fully saturated rings. The second-order valence-electron chi connectivity index (χ2n) is 7.72. The van der Waals surface area contributed by atoms with Crippen LogP contribution in [0.2, 0.25) is 18.1 Å². The van der Waals surface area contributed by atoms with Crippen LogP contribution in [-0.2, 0) is 10.8 Å². The molecule has 2 nitrogen and oxygen atoms in total. The first-order valence-corrected chi connectivity index (χ1v) is 12.6. The molecule has 0 unspecified atom stereocenters. The maximum atomic E-state index is 11.0. The minimum absolute atomic E-state index is 0.150. The van der Waals surface area contributed by atoms with E-state index in [1.807, 2.05) is 0 Å². The zero-order valence-corrected chi connectivity index (χ0v) is 17.7. The summed E-state index contributed by atoms with van der Waals surface area (Å²) in [4.78, 5) is 0. The van der Waals surface area contributed by atoms with Gasteiger partial charge in [-0.25, -0.2) is 0 Å². The Morgan fingerprint density at radius 3 is 2.20 bits per heavy atom. The lowest BCUT2D eigenvalue weighted by Gasteiger charge is -2.37. The van der Waals surface area contributed by atoms with Crippen LogP contribution in [0.3, 0.4) is 0 Å². The van der Waals surface area contributed by atoms with E-state index in [2.05, 4.69) is 71.0 Å². The molecule has 1 N–H and O–H groups in total. The lowest BCUT2D eigenvalue weighted by atomic mass is 9.86. The molecule has 0 spiro atoms. The Kier molecular flexibility index (Phi) is 7.47. The standard InChI is InChI=1S/C22H36O2Si/c1-6-25(7-2,8-3)24-21-15-14-20(17(4)22(23)18(21)5)16-19-12-10-9-11-13-19/h9-14,17-18,21-23H,6-8,15-16H2,1-5H3/t17-,18+,21-,22-/m1/s1. The Hall–Kier alpha value is -0.903. The minimum atomic E-state index is -1.66. The van der Waals surface area contributed by atoms with Gasteiger partial charge in [-0.15, -0.1) is 0 Å². The van der Waals surface area contributed by atoms with E-state index in [1.54, 1.807) is 0 Å². The van der Waals surface area contributed by atoms with E-state index in [4.69, 9.17) is 4.43 Å². The van der Waals surface area contributed by atoms with Crippen molar-refractivity contribution < 1.29 is 9.53 Å². The van der Waals surface area contributed by atoms with Crippen molar-refractivity contribution in [2.24, 2.45) is 11.8 Å². The van der Waals surface area contributed by atoms with Crippen LogP contribution in [0.4, 0.5) is 0 Å². The molecule has 2 rings (SSSR count). The van der Waals surface area contributed by atoms with Crippen molar-refractivity contribution in [2.75, 3.05) is 0 Å². The van der Waals surface area contributed by atoms with Gasteiger partial charge in [0.15, 0.2) is 8.32 Å². The Morgan fingerprint density at radius 2 is 1.64 bits per heavy atom. The Balaban J connectivity index is 2.19. The SMILES string of the molecule is CC[Si](CC)(CC)O[C@@H]1CC=C(Cc2ccccc2)[C@@H](C)[C@@H](O)[C@H]1C. The smallest absolute Gasteiger partial charge is 0.192 e. The van der Waals surface area contributed by atoms with E-state index in [1.165, 1.54) is 11.1 Å². The fourth-order valence-electron chi connectivity index (χ4n) is 4.10. The van der Waals surface area contributed by atoms with Gasteiger partial charge in [-0.05, 0) is 36.5 Å². The first-order chi connectivity index (χ1) is 12.0. The Labute approximate surface area is 155 Å². The van der Waals surface area contributed by atoms with Crippen LogP contribution < -0.4 is 0 Å². The van der Waals surface area contributed by atoms with Gasteiger partial charge in [0, 0.05) is 11.8 Å². The third-order valence-corrected chi connectivity index (χ3v) is 11.1. The molecule has 0 aliphatic heterocycles. The molecule has 0 aromatic heterocycles. The van der Waals surface area contributed by atoms with E-state index in [0.717, 1.165) is 31.0 Å². The first kappa shape index (κ1) is 20.4. The monoisotopic (exact) mass is 360 g/mol. The molecular formula is C22H36O2Si. The summed E-state index contributed by atoms with van der Waals surface area (Å²) in [6.45, 7) is 11.2. The average molecular weight is 361 g/mol. The fourth-order valence-corrected chi connectivity index (χ4v) is 7.06. The topological polar surface area (TPSA) is 29.5 Å². The van der Waals surface area contributed by atoms with Crippen LogP contribution in [0.25, 0.3) is 0 Å². The average Bonchev–Trinajstić information content (AvgIpc) is 2.75. The van der Waals surface area contributed by atoms with E-state index in [0.29, 0.717) is 0 Å². The van der Waals surface area contributed by atoms with Gasteiger partial charge in [0.2, 0.25) is 0 Å². The van der Waals surface area contributed by atoms with Crippen molar-refractivity contribution in [1.82, 2.24) is 0 Å². The molecular weight excluding hydrogens is 324 g/mol. The third-order valence-electron chi connectivity index (χ3n) is 6.42. The Bertz CT molecular complexity index is 542. The van der Waals surface area contributed by atoms with Gasteiger partial charge >= 0.3 is 0 Å². The molecule has 1 aromatic rings. The first-order valence-electron chi connectivity index (χ1n) is 10.0. The van der Waals surface area contributed by atoms with E-state index in [9.17, 15) is 5.11 Å². The number of aliphatic hydroxyl groups is 1. The predicted molar refractivity (Wildman–Crippen MR) is 109 cm³/mol. The normalized spacial score (nSPS) is 27.7. The summed E-state index contributed by atoms with van der Waals surface area (Å²) in [7, 11) is -1.66. The van der Waals surface area contributed by atoms with Gasteiger partial charge in [-0.1, -0.05) is 76.6 Å². The molecule has 0 saturated heterocycles. The van der Waals surface area contributed by atoms with Crippen LogP contribution in [0.1, 0.15) is 46.6 Å². The second-order valence-corrected chi connectivity index (χ2v) is 12.4. The highest BCUT2D eigenvalue weighted by molar-refractivity contribution is 6.73. The summed E-state index contributed by atoms with van der Waals surface area (Å²) in [6, 6.07) is 14.1. The summed E-state index contributed by atoms with van der Waals surface area (Å²) < 4.78 is 6.77. The van der Waals surface area contributed by atoms with Crippen molar-refractivity contribution in [3.05, 3.63) is 47.5 Å². The van der Waals surface area contributed by atoms with E-state index >= 15 is 0 Å². The predicted octanol–water partition coefficient (Wildman–Crippen LogP) is 5.58. The minimum Gasteiger partial charge on any atom is -0.413 e. The molecule has 25 heavy (non-hydrogen) atoms. The zero-order valence-electron chi connectivity index (χ0n) is 16.7. The zero-order chi connectivity index (χ0) is 18.4. The molecule has 1 aromatic carbocycles. The van der Waals surface area contributed by atoms with E-state index in [-0.39, 0.29) is 24.0 Å². The highest BCUT2D eigenvalue weighted by Crippen LogP contribution is 2.35. The number of rotatable bonds is 7. The summed E-state index contributed by atoms with van der Waals surface area (Å²) in [5.41, 5.74) is 2.67. The van der Waals surface area contributed by atoms with Gasteiger partial charge < -0.3 is 9.53 Å². The summed E-state index contributed by atoms with van der Waals surface area (Å²) in [6.07, 6.45) is 4.03. The fraction of sp³-hybridized carbons (Fsp3) is 0.636. The lowest BCUT2D eigenvalue weighted by molar-refractivity contribution is 0.0145. The lowest BCUT2D eigenvalue weighted by Crippen LogP contribution is -2.44. The Morgan fingerprint density at radius 1 is 1.04 bits per heavy atom. The summed E-state index contributed by atoms with van der Waals surface area (Å²) in [5, 5.41) is 11.0. The summed E-state index contributed by atoms with van der Waals surface area (Å²) in [5.74, 6) is 0.362. The van der Waals surface area contributed by atoms with Gasteiger partial charge in [0.1, 0.15) is 0 Å². The molecule has 3 heteroatoms. The highest BCUT2D eigenvalue weighted by atomic mass is 28.4. The maximum Gasteiger partial charge on any atom is 0.192 e. The van der Waals surface area contributed by atoms with Crippen molar-refractivity contribution in [1.29, 1.82) is 0 Å². The van der Waals surface area contributed by atoms with Crippen molar-refractivity contribution in [2.45, 2.75) is 77.8 Å². The number of hydrogen-bond acceptors (Lipinski definition) is 2. The van der Waals surface area contributed by atoms with Crippen LogP contribution in [0.15, 0.2) is 42.0 Å². The second kappa shape index (κ2) is 9.16. The van der Waals surface area contributed by atoms with Crippen LogP contribution in [-0.4, -0.2) is 25.6 Å². The van der Waals surface area contributed by atoms with Crippen molar-refractivity contribution in [3.63, 3.8) is 0 Å². The van der Waals surface area contributed by atoms with Crippen LogP contribution >= 0.6 is 0 Å². The molecule has 1 aliphatic carbocycles. The van der Waals surface area contributed by atoms with Crippen LogP contribution in [0.5, 0.6) is 0 Å². The van der Waals surface area contributed by atoms with Crippen LogP contribution in [0, 0.1) is 11.8 Å². The van der Waals surface area contributed by atoms with Gasteiger partial charge in [0.05, 0.1) is 12.2 Å². The van der Waals surface area contributed by atoms with Gasteiger partial charge in [-0.3, -0.25) is 0 Å². The highest BCUT2D eigenvalue weighted by Gasteiger charge is 2.38. The summed E-state index contributed by atoms with van der Waals surface area (Å²) >= 11 is 0. The van der Waals surface area contributed by atoms with Crippen molar-refractivity contribution >= 4 is 8.32 Å². The number of hydrogen-bond donors (Lipinski definition) is 1. The number of benzene rings is 1. The molecule has 140 valence electrons. The van der Waals surface area contributed by atoms with Gasteiger partial charge in [-0.2, -0.15) is 0 Å².